The number of aliphatic hydroxyl groups is 1. The second-order valence-electron chi connectivity index (χ2n) is 3.87. The van der Waals surface area contributed by atoms with Crippen LogP contribution in [-0.2, 0) is 9.53 Å². The van der Waals surface area contributed by atoms with E-state index in [-0.39, 0.29) is 17.9 Å². The Morgan fingerprint density at radius 2 is 2.42 bits per heavy atom. The average Bonchev–Trinajstić information content (AvgIpc) is 2.73. The van der Waals surface area contributed by atoms with E-state index in [1.165, 1.54) is 6.07 Å². The molecule has 2 rings (SSSR count). The monoisotopic (exact) mass is 347 g/mol. The third-order valence-electron chi connectivity index (χ3n) is 2.46. The molecule has 1 N–H and O–H groups in total. The number of benzene rings is 1. The van der Waals surface area contributed by atoms with Crippen LogP contribution >= 0.6 is 27.7 Å². The number of esters is 1. The lowest BCUT2D eigenvalue weighted by atomic mass is 10.2. The fourth-order valence-electron chi connectivity index (χ4n) is 1.55. The second kappa shape index (κ2) is 5.60. The Balaban J connectivity index is 2.30. The predicted octanol–water partition coefficient (Wildman–Crippen LogP) is 2.33. The molecule has 0 saturated heterocycles. The molecule has 0 bridgehead atoms. The van der Waals surface area contributed by atoms with Crippen molar-refractivity contribution in [3.05, 3.63) is 34.1 Å². The molecule has 4 nitrogen and oxygen atoms in total. The standard InChI is InChI=1S/C12H11BrFNO3S/c1-2-18-11(16)12(17)6-19-10(15-12)8-4-3-7(13)5-9(8)14/h3-5,17H,2,6H2,1H3. The Labute approximate surface area is 122 Å². The summed E-state index contributed by atoms with van der Waals surface area (Å²) in [5.74, 6) is -1.25. The summed E-state index contributed by atoms with van der Waals surface area (Å²) in [6, 6.07) is 4.52. The Morgan fingerprint density at radius 1 is 1.68 bits per heavy atom. The third kappa shape index (κ3) is 2.98. The van der Waals surface area contributed by atoms with Crippen LogP contribution in [-0.4, -0.2) is 34.2 Å². The maximum absolute atomic E-state index is 13.8. The number of hydrogen-bond donors (Lipinski definition) is 1. The molecule has 19 heavy (non-hydrogen) atoms. The Bertz CT molecular complexity index is 552. The van der Waals surface area contributed by atoms with Crippen molar-refractivity contribution in [3.63, 3.8) is 0 Å². The minimum absolute atomic E-state index is 0.0245. The first-order chi connectivity index (χ1) is 8.96. The van der Waals surface area contributed by atoms with Crippen molar-refractivity contribution in [2.75, 3.05) is 12.4 Å². The third-order valence-corrected chi connectivity index (χ3v) is 4.09. The summed E-state index contributed by atoms with van der Waals surface area (Å²) in [4.78, 5) is 15.5. The fourth-order valence-corrected chi connectivity index (χ4v) is 2.94. The number of aliphatic imine (C=N–C) groups is 1. The summed E-state index contributed by atoms with van der Waals surface area (Å²) in [6.45, 7) is 1.80. The van der Waals surface area contributed by atoms with Crippen molar-refractivity contribution < 1.29 is 19.0 Å². The van der Waals surface area contributed by atoms with Gasteiger partial charge in [0.2, 0.25) is 0 Å². The molecule has 0 aliphatic carbocycles. The highest BCUT2D eigenvalue weighted by Crippen LogP contribution is 2.31. The quantitative estimate of drug-likeness (QED) is 0.852. The molecule has 0 aromatic heterocycles. The zero-order chi connectivity index (χ0) is 14.0. The van der Waals surface area contributed by atoms with Crippen molar-refractivity contribution in [3.8, 4) is 0 Å². The topological polar surface area (TPSA) is 58.9 Å². The number of halogens is 2. The highest BCUT2D eigenvalue weighted by Gasteiger charge is 2.43. The zero-order valence-electron chi connectivity index (χ0n) is 10.0. The Hall–Kier alpha value is -0.920. The number of hydrogen-bond acceptors (Lipinski definition) is 5. The van der Waals surface area contributed by atoms with Crippen LogP contribution < -0.4 is 0 Å². The van der Waals surface area contributed by atoms with Gasteiger partial charge in [0.05, 0.1) is 12.4 Å². The number of carbonyl (C=O) groups is 1. The lowest BCUT2D eigenvalue weighted by molar-refractivity contribution is -0.161. The highest BCUT2D eigenvalue weighted by molar-refractivity contribution is 9.10. The van der Waals surface area contributed by atoms with E-state index in [9.17, 15) is 14.3 Å². The Morgan fingerprint density at radius 3 is 3.05 bits per heavy atom. The van der Waals surface area contributed by atoms with Gasteiger partial charge >= 0.3 is 5.97 Å². The molecule has 0 saturated carbocycles. The maximum Gasteiger partial charge on any atom is 0.362 e. The molecule has 1 aromatic rings. The maximum atomic E-state index is 13.8. The van der Waals surface area contributed by atoms with Crippen LogP contribution in [0.15, 0.2) is 27.7 Å². The van der Waals surface area contributed by atoms with Crippen molar-refractivity contribution in [1.82, 2.24) is 0 Å². The van der Waals surface area contributed by atoms with Gasteiger partial charge in [0, 0.05) is 10.0 Å². The summed E-state index contributed by atoms with van der Waals surface area (Å²) in [5.41, 5.74) is -1.66. The number of carbonyl (C=O) groups excluding carboxylic acids is 1. The number of ether oxygens (including phenoxy) is 1. The summed E-state index contributed by atoms with van der Waals surface area (Å²) >= 11 is 4.28. The van der Waals surface area contributed by atoms with Crippen molar-refractivity contribution >= 4 is 38.7 Å². The molecule has 1 unspecified atom stereocenters. The van der Waals surface area contributed by atoms with Gasteiger partial charge in [0.1, 0.15) is 10.9 Å². The van der Waals surface area contributed by atoms with E-state index in [0.717, 1.165) is 11.8 Å². The average molecular weight is 348 g/mol. The van der Waals surface area contributed by atoms with Gasteiger partial charge in [-0.2, -0.15) is 0 Å². The molecule has 0 amide bonds. The van der Waals surface area contributed by atoms with Gasteiger partial charge in [-0.05, 0) is 25.1 Å². The van der Waals surface area contributed by atoms with Gasteiger partial charge in [-0.15, -0.1) is 11.8 Å². The molecule has 7 heteroatoms. The van der Waals surface area contributed by atoms with Gasteiger partial charge in [0.25, 0.3) is 5.72 Å². The predicted molar refractivity (Wildman–Crippen MR) is 74.7 cm³/mol. The molecule has 1 aliphatic heterocycles. The molecule has 0 radical (unpaired) electrons. The molecule has 102 valence electrons. The van der Waals surface area contributed by atoms with Crippen LogP contribution in [0.1, 0.15) is 12.5 Å². The first-order valence-electron chi connectivity index (χ1n) is 5.54. The summed E-state index contributed by atoms with van der Waals surface area (Å²) in [6.07, 6.45) is 0. The van der Waals surface area contributed by atoms with Crippen molar-refractivity contribution in [2.45, 2.75) is 12.6 Å². The molecular formula is C12H11BrFNO3S. The smallest absolute Gasteiger partial charge is 0.362 e. The van der Waals surface area contributed by atoms with E-state index in [2.05, 4.69) is 20.9 Å². The van der Waals surface area contributed by atoms with Gasteiger partial charge in [0.15, 0.2) is 0 Å². The van der Waals surface area contributed by atoms with Crippen LogP contribution in [0.3, 0.4) is 0 Å². The second-order valence-corrected chi connectivity index (χ2v) is 5.75. The Kier molecular flexibility index (Phi) is 4.27. The van der Waals surface area contributed by atoms with Crippen molar-refractivity contribution in [2.24, 2.45) is 4.99 Å². The minimum atomic E-state index is -1.92. The van der Waals surface area contributed by atoms with Crippen LogP contribution in [0.4, 0.5) is 4.39 Å². The van der Waals surface area contributed by atoms with Crippen LogP contribution in [0.5, 0.6) is 0 Å². The summed E-state index contributed by atoms with van der Waals surface area (Å²) in [7, 11) is 0. The lowest BCUT2D eigenvalue weighted by Gasteiger charge is -2.15. The molecule has 1 atom stereocenters. The largest absolute Gasteiger partial charge is 0.462 e. The number of thioether (sulfide) groups is 1. The van der Waals surface area contributed by atoms with E-state index in [1.807, 2.05) is 0 Å². The first kappa shape index (κ1) is 14.5. The summed E-state index contributed by atoms with van der Waals surface area (Å²) < 4.78 is 19.1. The minimum Gasteiger partial charge on any atom is -0.462 e. The first-order valence-corrected chi connectivity index (χ1v) is 7.32. The zero-order valence-corrected chi connectivity index (χ0v) is 12.4. The molecule has 1 aromatic carbocycles. The SMILES string of the molecule is CCOC(=O)C1(O)CSC(c2ccc(Br)cc2F)=N1. The highest BCUT2D eigenvalue weighted by atomic mass is 79.9. The van der Waals surface area contributed by atoms with Crippen LogP contribution in [0.2, 0.25) is 0 Å². The number of nitrogens with zero attached hydrogens (tertiary/aromatic N) is 1. The van der Waals surface area contributed by atoms with E-state index in [4.69, 9.17) is 4.74 Å². The number of rotatable bonds is 3. The molecule has 0 spiro atoms. The van der Waals surface area contributed by atoms with E-state index in [1.54, 1.807) is 19.1 Å². The van der Waals surface area contributed by atoms with Gasteiger partial charge in [-0.3, -0.25) is 0 Å². The molecular weight excluding hydrogens is 337 g/mol. The van der Waals surface area contributed by atoms with Crippen molar-refractivity contribution in [1.29, 1.82) is 0 Å². The normalized spacial score (nSPS) is 22.2. The van der Waals surface area contributed by atoms with E-state index in [0.29, 0.717) is 9.52 Å². The molecule has 0 fully saturated rings. The van der Waals surface area contributed by atoms with Gasteiger partial charge < -0.3 is 9.84 Å². The fraction of sp³-hybridized carbons (Fsp3) is 0.333. The van der Waals surface area contributed by atoms with Gasteiger partial charge in [-0.1, -0.05) is 15.9 Å². The van der Waals surface area contributed by atoms with E-state index >= 15 is 0 Å². The van der Waals surface area contributed by atoms with Crippen LogP contribution in [0.25, 0.3) is 0 Å². The van der Waals surface area contributed by atoms with Gasteiger partial charge in [-0.25, -0.2) is 14.2 Å². The van der Waals surface area contributed by atoms with Crippen LogP contribution in [0, 0.1) is 5.82 Å². The molecule has 1 heterocycles. The molecule has 1 aliphatic rings. The summed E-state index contributed by atoms with van der Waals surface area (Å²) in [5, 5.41) is 10.3. The lowest BCUT2D eigenvalue weighted by Crippen LogP contribution is -2.38. The van der Waals surface area contributed by atoms with E-state index < -0.39 is 17.5 Å².